The number of thiazole rings is 1. The predicted octanol–water partition coefficient (Wildman–Crippen LogP) is 5.36. The molecule has 5 rings (SSSR count). The van der Waals surface area contributed by atoms with Crippen LogP contribution in [-0.4, -0.2) is 33.5 Å². The van der Waals surface area contributed by atoms with Crippen LogP contribution in [0.15, 0.2) is 72.8 Å². The maximum Gasteiger partial charge on any atom is 0.128 e. The Kier molecular flexibility index (Phi) is 4.19. The van der Waals surface area contributed by atoms with E-state index in [4.69, 9.17) is 9.97 Å². The molecule has 5 aromatic rings. The van der Waals surface area contributed by atoms with Crippen LogP contribution in [0, 0.1) is 0 Å². The SMILES string of the molecule is CN(C)Cc1nc2cc(-c3nc4ccccc4s3)ccc2n1-c1ccccc1. The van der Waals surface area contributed by atoms with Gasteiger partial charge < -0.3 is 4.90 Å². The molecule has 0 aliphatic rings. The molecule has 2 aromatic heterocycles. The van der Waals surface area contributed by atoms with E-state index in [1.807, 2.05) is 12.1 Å². The standard InChI is InChI=1S/C23H20N4S/c1-26(2)15-22-24-19-14-16(23-25-18-10-6-7-11-21(18)28-23)12-13-20(19)27(22)17-8-4-3-5-9-17/h3-14H,15H2,1-2H3. The monoisotopic (exact) mass is 384 g/mol. The van der Waals surface area contributed by atoms with Gasteiger partial charge in [0.1, 0.15) is 10.8 Å². The average molecular weight is 385 g/mol. The third-order valence-electron chi connectivity index (χ3n) is 4.74. The first-order valence-corrected chi connectivity index (χ1v) is 10.1. The van der Waals surface area contributed by atoms with Gasteiger partial charge >= 0.3 is 0 Å². The van der Waals surface area contributed by atoms with Gasteiger partial charge in [-0.25, -0.2) is 9.97 Å². The molecule has 0 atom stereocenters. The summed E-state index contributed by atoms with van der Waals surface area (Å²) in [4.78, 5) is 11.9. The summed E-state index contributed by atoms with van der Waals surface area (Å²) in [5.41, 5.74) is 5.41. The van der Waals surface area contributed by atoms with Crippen LogP contribution < -0.4 is 0 Å². The van der Waals surface area contributed by atoms with Crippen molar-refractivity contribution in [1.29, 1.82) is 0 Å². The minimum absolute atomic E-state index is 0.778. The summed E-state index contributed by atoms with van der Waals surface area (Å²) in [5, 5.41) is 1.03. The highest BCUT2D eigenvalue weighted by atomic mass is 32.1. The van der Waals surface area contributed by atoms with Gasteiger partial charge in [0.25, 0.3) is 0 Å². The number of imidazole rings is 1. The van der Waals surface area contributed by atoms with E-state index in [1.54, 1.807) is 11.3 Å². The zero-order chi connectivity index (χ0) is 19.1. The molecule has 3 aromatic carbocycles. The van der Waals surface area contributed by atoms with Gasteiger partial charge in [0, 0.05) is 11.3 Å². The van der Waals surface area contributed by atoms with E-state index in [0.717, 1.165) is 45.2 Å². The molecule has 0 N–H and O–H groups in total. The molecule has 0 saturated carbocycles. The highest BCUT2D eigenvalue weighted by Crippen LogP contribution is 2.32. The fraction of sp³-hybridized carbons (Fsp3) is 0.130. The summed E-state index contributed by atoms with van der Waals surface area (Å²) in [7, 11) is 4.14. The summed E-state index contributed by atoms with van der Waals surface area (Å²) < 4.78 is 3.46. The molecule has 5 heteroatoms. The number of hydrogen-bond donors (Lipinski definition) is 0. The van der Waals surface area contributed by atoms with Crippen molar-refractivity contribution in [3.63, 3.8) is 0 Å². The van der Waals surface area contributed by atoms with Crippen molar-refractivity contribution in [2.45, 2.75) is 6.54 Å². The highest BCUT2D eigenvalue weighted by Gasteiger charge is 2.15. The van der Waals surface area contributed by atoms with Gasteiger partial charge in [0.05, 0.1) is 27.8 Å². The van der Waals surface area contributed by atoms with Crippen molar-refractivity contribution in [3.05, 3.63) is 78.6 Å². The molecule has 0 amide bonds. The van der Waals surface area contributed by atoms with E-state index in [-0.39, 0.29) is 0 Å². The Morgan fingerprint density at radius 3 is 2.43 bits per heavy atom. The molecular weight excluding hydrogens is 364 g/mol. The zero-order valence-electron chi connectivity index (χ0n) is 15.8. The number of aromatic nitrogens is 3. The van der Waals surface area contributed by atoms with Crippen molar-refractivity contribution >= 4 is 32.6 Å². The van der Waals surface area contributed by atoms with Crippen LogP contribution in [-0.2, 0) is 6.54 Å². The lowest BCUT2D eigenvalue weighted by molar-refractivity contribution is 0.389. The Morgan fingerprint density at radius 1 is 0.857 bits per heavy atom. The molecule has 0 radical (unpaired) electrons. The van der Waals surface area contributed by atoms with Crippen molar-refractivity contribution in [2.75, 3.05) is 14.1 Å². The average Bonchev–Trinajstić information content (AvgIpc) is 3.28. The molecule has 0 saturated heterocycles. The van der Waals surface area contributed by atoms with Crippen LogP contribution in [0.1, 0.15) is 5.82 Å². The van der Waals surface area contributed by atoms with Crippen LogP contribution in [0.25, 0.3) is 37.5 Å². The lowest BCUT2D eigenvalue weighted by Gasteiger charge is -2.12. The molecule has 2 heterocycles. The van der Waals surface area contributed by atoms with Gasteiger partial charge in [-0.2, -0.15) is 0 Å². The van der Waals surface area contributed by atoms with E-state index in [1.165, 1.54) is 4.70 Å². The van der Waals surface area contributed by atoms with Crippen molar-refractivity contribution in [1.82, 2.24) is 19.4 Å². The third kappa shape index (κ3) is 2.99. The molecular formula is C23H20N4S. The fourth-order valence-electron chi connectivity index (χ4n) is 3.51. The van der Waals surface area contributed by atoms with E-state index in [0.29, 0.717) is 0 Å². The number of fused-ring (bicyclic) bond motifs is 2. The molecule has 0 fully saturated rings. The van der Waals surface area contributed by atoms with E-state index in [2.05, 4.69) is 84.2 Å². The lowest BCUT2D eigenvalue weighted by atomic mass is 10.2. The van der Waals surface area contributed by atoms with E-state index < -0.39 is 0 Å². The second-order valence-electron chi connectivity index (χ2n) is 7.13. The first-order chi connectivity index (χ1) is 13.7. The van der Waals surface area contributed by atoms with Crippen LogP contribution in [0.2, 0.25) is 0 Å². The first kappa shape index (κ1) is 17.1. The largest absolute Gasteiger partial charge is 0.302 e. The second-order valence-corrected chi connectivity index (χ2v) is 8.16. The lowest BCUT2D eigenvalue weighted by Crippen LogP contribution is -2.14. The van der Waals surface area contributed by atoms with Gasteiger partial charge in [0.2, 0.25) is 0 Å². The van der Waals surface area contributed by atoms with Crippen LogP contribution in [0.5, 0.6) is 0 Å². The third-order valence-corrected chi connectivity index (χ3v) is 5.82. The molecule has 0 bridgehead atoms. The smallest absolute Gasteiger partial charge is 0.128 e. The van der Waals surface area contributed by atoms with Crippen molar-refractivity contribution < 1.29 is 0 Å². The molecule has 0 aliphatic heterocycles. The number of para-hydroxylation sites is 2. The molecule has 138 valence electrons. The molecule has 28 heavy (non-hydrogen) atoms. The zero-order valence-corrected chi connectivity index (χ0v) is 16.6. The van der Waals surface area contributed by atoms with Crippen molar-refractivity contribution in [3.8, 4) is 16.3 Å². The maximum absolute atomic E-state index is 4.97. The Balaban J connectivity index is 1.68. The fourth-order valence-corrected chi connectivity index (χ4v) is 4.47. The summed E-state index contributed by atoms with van der Waals surface area (Å²) >= 11 is 1.72. The van der Waals surface area contributed by atoms with Crippen LogP contribution in [0.4, 0.5) is 0 Å². The predicted molar refractivity (Wildman–Crippen MR) is 117 cm³/mol. The maximum atomic E-state index is 4.97. The van der Waals surface area contributed by atoms with E-state index >= 15 is 0 Å². The normalized spacial score (nSPS) is 11.7. The van der Waals surface area contributed by atoms with Crippen molar-refractivity contribution in [2.24, 2.45) is 0 Å². The highest BCUT2D eigenvalue weighted by molar-refractivity contribution is 7.21. The number of rotatable bonds is 4. The van der Waals surface area contributed by atoms with Gasteiger partial charge in [-0.1, -0.05) is 30.3 Å². The quantitative estimate of drug-likeness (QED) is 0.418. The van der Waals surface area contributed by atoms with Gasteiger partial charge in [0.15, 0.2) is 0 Å². The first-order valence-electron chi connectivity index (χ1n) is 9.26. The van der Waals surface area contributed by atoms with E-state index in [9.17, 15) is 0 Å². The number of nitrogens with zero attached hydrogens (tertiary/aromatic N) is 4. The molecule has 0 aliphatic carbocycles. The number of hydrogen-bond acceptors (Lipinski definition) is 4. The Morgan fingerprint density at radius 2 is 1.64 bits per heavy atom. The van der Waals surface area contributed by atoms with Crippen LogP contribution >= 0.6 is 11.3 Å². The summed E-state index contributed by atoms with van der Waals surface area (Å²) in [6.07, 6.45) is 0. The molecule has 0 spiro atoms. The molecule has 0 unspecified atom stereocenters. The second kappa shape index (κ2) is 6.86. The minimum Gasteiger partial charge on any atom is -0.302 e. The topological polar surface area (TPSA) is 34.0 Å². The Labute approximate surface area is 167 Å². The Hall–Kier alpha value is -3.02. The van der Waals surface area contributed by atoms with Gasteiger partial charge in [-0.05, 0) is 56.6 Å². The van der Waals surface area contributed by atoms with Crippen LogP contribution in [0.3, 0.4) is 0 Å². The molecule has 4 nitrogen and oxygen atoms in total. The van der Waals surface area contributed by atoms with Gasteiger partial charge in [-0.15, -0.1) is 11.3 Å². The Bertz CT molecular complexity index is 1240. The summed E-state index contributed by atoms with van der Waals surface area (Å²) in [6, 6.07) is 25.2. The summed E-state index contributed by atoms with van der Waals surface area (Å²) in [6.45, 7) is 0.778. The minimum atomic E-state index is 0.778. The summed E-state index contributed by atoms with van der Waals surface area (Å²) in [5.74, 6) is 1.03. The number of benzene rings is 3. The van der Waals surface area contributed by atoms with Gasteiger partial charge in [-0.3, -0.25) is 4.57 Å².